The highest BCUT2D eigenvalue weighted by Crippen LogP contribution is 2.32. The molecule has 1 aromatic carbocycles. The van der Waals surface area contributed by atoms with E-state index < -0.39 is 0 Å². The van der Waals surface area contributed by atoms with E-state index in [9.17, 15) is 4.79 Å². The van der Waals surface area contributed by atoms with E-state index in [0.717, 1.165) is 47.5 Å². The van der Waals surface area contributed by atoms with E-state index >= 15 is 0 Å². The van der Waals surface area contributed by atoms with Crippen LogP contribution in [-0.2, 0) is 0 Å². The van der Waals surface area contributed by atoms with Crippen molar-refractivity contribution in [2.24, 2.45) is 0 Å². The molecule has 0 fully saturated rings. The van der Waals surface area contributed by atoms with Crippen LogP contribution in [0.4, 0.5) is 5.95 Å². The second-order valence-electron chi connectivity index (χ2n) is 6.26. The Bertz CT molecular complexity index is 905. The molecule has 3 N–H and O–H groups in total. The van der Waals surface area contributed by atoms with Crippen LogP contribution < -0.4 is 11.1 Å². The van der Waals surface area contributed by atoms with Crippen LogP contribution in [0.25, 0.3) is 21.5 Å². The number of carbonyl (C=O) groups excluding carboxylic acids is 1. The molecule has 142 valence electrons. The molecule has 3 aromatic rings. The van der Waals surface area contributed by atoms with Crippen LogP contribution >= 0.6 is 11.3 Å². The molecule has 0 radical (unpaired) electrons. The van der Waals surface area contributed by atoms with Crippen molar-refractivity contribution >= 4 is 33.4 Å². The third-order valence-corrected chi connectivity index (χ3v) is 5.54. The maximum absolute atomic E-state index is 12.5. The Kier molecular flexibility index (Phi) is 6.36. The molecule has 0 atom stereocenters. The Labute approximate surface area is 163 Å². The van der Waals surface area contributed by atoms with Crippen LogP contribution in [0.2, 0.25) is 0 Å². The van der Waals surface area contributed by atoms with E-state index in [4.69, 9.17) is 5.73 Å². The van der Waals surface area contributed by atoms with Gasteiger partial charge >= 0.3 is 0 Å². The second kappa shape index (κ2) is 8.92. The second-order valence-corrected chi connectivity index (χ2v) is 7.29. The average molecular weight is 384 g/mol. The molecular weight excluding hydrogens is 358 g/mol. The molecule has 0 bridgehead atoms. The van der Waals surface area contributed by atoms with E-state index in [1.54, 1.807) is 0 Å². The fourth-order valence-electron chi connectivity index (χ4n) is 3.00. The molecule has 2 aromatic heterocycles. The first kappa shape index (κ1) is 19.3. The summed E-state index contributed by atoms with van der Waals surface area (Å²) in [5, 5.41) is 3.86. The Balaban J connectivity index is 1.75. The van der Waals surface area contributed by atoms with Gasteiger partial charge in [-0.05, 0) is 32.1 Å². The summed E-state index contributed by atoms with van der Waals surface area (Å²) < 4.78 is 0. The number of fused-ring (bicyclic) bond motifs is 1. The topological polar surface area (TPSA) is 84.1 Å². The lowest BCUT2D eigenvalue weighted by Gasteiger charge is -2.17. The van der Waals surface area contributed by atoms with Gasteiger partial charge in [0.15, 0.2) is 0 Å². The first-order chi connectivity index (χ1) is 13.1. The maximum Gasteiger partial charge on any atom is 0.261 e. The third-order valence-electron chi connectivity index (χ3n) is 4.51. The number of aromatic nitrogens is 2. The van der Waals surface area contributed by atoms with Gasteiger partial charge < -0.3 is 16.0 Å². The number of thiophene rings is 1. The van der Waals surface area contributed by atoms with Crippen molar-refractivity contribution in [1.82, 2.24) is 20.2 Å². The summed E-state index contributed by atoms with van der Waals surface area (Å²) in [6, 6.07) is 11.7. The van der Waals surface area contributed by atoms with E-state index in [2.05, 4.69) is 34.0 Å². The Morgan fingerprint density at radius 1 is 1.19 bits per heavy atom. The monoisotopic (exact) mass is 383 g/mol. The molecule has 1 amide bonds. The van der Waals surface area contributed by atoms with Crippen molar-refractivity contribution in [2.45, 2.75) is 20.3 Å². The minimum absolute atomic E-state index is 0.0740. The fraction of sp³-hybridized carbons (Fsp3) is 0.350. The number of rotatable bonds is 8. The highest BCUT2D eigenvalue weighted by molar-refractivity contribution is 7.20. The standard InChI is InChI=1S/C20H25N5OS/c1-3-25(4-2)12-8-11-22-18(26)16-13-15-17(14-9-6-5-7-10-14)23-20(21)24-19(15)27-16/h5-7,9-10,13H,3-4,8,11-12H2,1-2H3,(H,22,26)(H2,21,23,24). The predicted molar refractivity (Wildman–Crippen MR) is 112 cm³/mol. The molecule has 27 heavy (non-hydrogen) atoms. The van der Waals surface area contributed by atoms with Gasteiger partial charge in [-0.15, -0.1) is 11.3 Å². The summed E-state index contributed by atoms with van der Waals surface area (Å²) >= 11 is 1.35. The average Bonchev–Trinajstić information content (AvgIpc) is 3.12. The van der Waals surface area contributed by atoms with Gasteiger partial charge in [-0.3, -0.25) is 4.79 Å². The zero-order valence-corrected chi connectivity index (χ0v) is 16.6. The van der Waals surface area contributed by atoms with E-state index in [1.807, 2.05) is 36.4 Å². The molecule has 0 saturated carbocycles. The number of carbonyl (C=O) groups is 1. The number of nitrogens with two attached hydrogens (primary N) is 1. The number of hydrogen-bond donors (Lipinski definition) is 2. The van der Waals surface area contributed by atoms with Crippen LogP contribution in [0, 0.1) is 0 Å². The van der Waals surface area contributed by atoms with E-state index in [0.29, 0.717) is 11.4 Å². The first-order valence-corrected chi connectivity index (χ1v) is 10.1. The summed E-state index contributed by atoms with van der Waals surface area (Å²) in [7, 11) is 0. The molecule has 0 spiro atoms. The van der Waals surface area contributed by atoms with Gasteiger partial charge in [0.2, 0.25) is 5.95 Å². The van der Waals surface area contributed by atoms with Crippen molar-refractivity contribution in [3.05, 3.63) is 41.3 Å². The molecule has 3 rings (SSSR count). The lowest BCUT2D eigenvalue weighted by molar-refractivity contribution is 0.0956. The molecule has 0 unspecified atom stereocenters. The SMILES string of the molecule is CCN(CC)CCCNC(=O)c1cc2c(-c3ccccc3)nc(N)nc2s1. The predicted octanol–water partition coefficient (Wildman–Crippen LogP) is 3.40. The molecule has 0 aliphatic heterocycles. The maximum atomic E-state index is 12.5. The van der Waals surface area contributed by atoms with Crippen LogP contribution in [0.3, 0.4) is 0 Å². The largest absolute Gasteiger partial charge is 0.368 e. The molecule has 0 saturated heterocycles. The Morgan fingerprint density at radius 3 is 2.63 bits per heavy atom. The van der Waals surface area contributed by atoms with Crippen LogP contribution in [0.5, 0.6) is 0 Å². The van der Waals surface area contributed by atoms with Crippen molar-refractivity contribution in [3.63, 3.8) is 0 Å². The van der Waals surface area contributed by atoms with Gasteiger partial charge in [0, 0.05) is 17.5 Å². The third kappa shape index (κ3) is 4.61. The van der Waals surface area contributed by atoms with E-state index in [-0.39, 0.29) is 11.9 Å². The van der Waals surface area contributed by atoms with Crippen molar-refractivity contribution in [1.29, 1.82) is 0 Å². The van der Waals surface area contributed by atoms with Gasteiger partial charge in [-0.1, -0.05) is 44.2 Å². The summed E-state index contributed by atoms with van der Waals surface area (Å²) in [6.45, 7) is 8.00. The molecule has 2 heterocycles. The highest BCUT2D eigenvalue weighted by atomic mass is 32.1. The summed E-state index contributed by atoms with van der Waals surface area (Å²) in [5.41, 5.74) is 7.60. The van der Waals surface area contributed by atoms with E-state index in [1.165, 1.54) is 11.3 Å². The number of anilines is 1. The smallest absolute Gasteiger partial charge is 0.261 e. The van der Waals surface area contributed by atoms with Crippen molar-refractivity contribution in [2.75, 3.05) is 31.9 Å². The van der Waals surface area contributed by atoms with Gasteiger partial charge in [0.05, 0.1) is 10.6 Å². The van der Waals surface area contributed by atoms with Crippen LogP contribution in [-0.4, -0.2) is 47.0 Å². The van der Waals surface area contributed by atoms with Crippen molar-refractivity contribution < 1.29 is 4.79 Å². The number of amides is 1. The van der Waals surface area contributed by atoms with Gasteiger partial charge in [-0.2, -0.15) is 0 Å². The minimum Gasteiger partial charge on any atom is -0.368 e. The molecular formula is C20H25N5OS. The van der Waals surface area contributed by atoms with Crippen LogP contribution in [0.15, 0.2) is 36.4 Å². The van der Waals surface area contributed by atoms with Gasteiger partial charge in [0.1, 0.15) is 4.83 Å². The fourth-order valence-corrected chi connectivity index (χ4v) is 3.95. The highest BCUT2D eigenvalue weighted by Gasteiger charge is 2.16. The lowest BCUT2D eigenvalue weighted by atomic mass is 10.1. The summed E-state index contributed by atoms with van der Waals surface area (Å²) in [4.78, 5) is 24.9. The number of nitrogens with one attached hydrogen (secondary N) is 1. The van der Waals surface area contributed by atoms with Crippen molar-refractivity contribution in [3.8, 4) is 11.3 Å². The first-order valence-electron chi connectivity index (χ1n) is 9.25. The van der Waals surface area contributed by atoms with Crippen LogP contribution in [0.1, 0.15) is 29.9 Å². The lowest BCUT2D eigenvalue weighted by Crippen LogP contribution is -2.29. The molecule has 6 nitrogen and oxygen atoms in total. The normalized spacial score (nSPS) is 11.2. The quantitative estimate of drug-likeness (QED) is 0.583. The zero-order chi connectivity index (χ0) is 19.2. The summed E-state index contributed by atoms with van der Waals surface area (Å²) in [5.74, 6) is 0.143. The molecule has 0 aliphatic rings. The Hall–Kier alpha value is -2.51. The zero-order valence-electron chi connectivity index (χ0n) is 15.7. The Morgan fingerprint density at radius 2 is 1.93 bits per heavy atom. The number of nitrogens with zero attached hydrogens (tertiary/aromatic N) is 3. The molecule has 7 heteroatoms. The number of hydrogen-bond acceptors (Lipinski definition) is 6. The summed E-state index contributed by atoms with van der Waals surface area (Å²) in [6.07, 6.45) is 0.931. The molecule has 0 aliphatic carbocycles. The number of benzene rings is 1. The van der Waals surface area contributed by atoms with Gasteiger partial charge in [-0.25, -0.2) is 9.97 Å². The number of nitrogen functional groups attached to an aromatic ring is 1. The van der Waals surface area contributed by atoms with Gasteiger partial charge in [0.25, 0.3) is 5.91 Å². The minimum atomic E-state index is -0.0740.